The van der Waals surface area contributed by atoms with E-state index in [1.54, 1.807) is 0 Å². The molecule has 0 aromatic rings. The highest BCUT2D eigenvalue weighted by atomic mass is 32.2. The molecule has 162 valence electrons. The maximum Gasteiger partial charge on any atom is 0.404 e. The molecule has 0 radical (unpaired) electrons. The van der Waals surface area contributed by atoms with Crippen molar-refractivity contribution in [3.05, 3.63) is 0 Å². The number of halogens is 4. The lowest BCUT2D eigenvalue weighted by molar-refractivity contribution is -0.232. The molecule has 4 bridgehead atoms. The smallest absolute Gasteiger partial charge is 0.404 e. The molecular weight excluding hydrogens is 408 g/mol. The normalized spacial score (nSPS) is 34.8. The van der Waals surface area contributed by atoms with Gasteiger partial charge in [0.15, 0.2) is 0 Å². The summed E-state index contributed by atoms with van der Waals surface area (Å²) in [6.45, 7) is -0.896. The van der Waals surface area contributed by atoms with Gasteiger partial charge in [0.2, 0.25) is 10.7 Å². The standard InChI is InChI=1S/C17H24F4O6S/c1-25-10-27-15-7-11-4-12(8-15)6-14(5-11,9-15)13(22)26-3-2-16(18,19)17(20,21)28(23)24/h11-12,28H,2-10H2,1H3. The van der Waals surface area contributed by atoms with Crippen LogP contribution in [0.5, 0.6) is 0 Å². The molecule has 4 fully saturated rings. The SMILES string of the molecule is COCOC12CC3CC(C1)CC(C(=O)OCCC(F)(F)C(F)(F)[SH](=O)=O)(C3)C2. The van der Waals surface area contributed by atoms with E-state index < -0.39 is 51.9 Å². The highest BCUT2D eigenvalue weighted by Gasteiger charge is 2.62. The van der Waals surface area contributed by atoms with Crippen molar-refractivity contribution < 1.29 is 45.0 Å². The molecule has 2 unspecified atom stereocenters. The first kappa shape index (κ1) is 21.8. The summed E-state index contributed by atoms with van der Waals surface area (Å²) >= 11 is 0. The summed E-state index contributed by atoms with van der Waals surface area (Å²) in [5.74, 6) is -5.01. The number of hydrogen-bond donors (Lipinski definition) is 1. The van der Waals surface area contributed by atoms with Crippen molar-refractivity contribution in [1.82, 2.24) is 0 Å². The van der Waals surface area contributed by atoms with Crippen molar-refractivity contribution in [1.29, 1.82) is 0 Å². The van der Waals surface area contributed by atoms with Gasteiger partial charge < -0.3 is 14.2 Å². The third-order valence-electron chi connectivity index (χ3n) is 6.24. The van der Waals surface area contributed by atoms with Crippen molar-refractivity contribution in [2.45, 2.75) is 61.7 Å². The first-order chi connectivity index (χ1) is 13.0. The maximum atomic E-state index is 13.5. The van der Waals surface area contributed by atoms with Crippen LogP contribution >= 0.6 is 0 Å². The predicted octanol–water partition coefficient (Wildman–Crippen LogP) is 2.72. The first-order valence-corrected chi connectivity index (χ1v) is 10.3. The van der Waals surface area contributed by atoms with Gasteiger partial charge in [0, 0.05) is 7.11 Å². The van der Waals surface area contributed by atoms with Crippen LogP contribution in [0.1, 0.15) is 44.9 Å². The zero-order valence-corrected chi connectivity index (χ0v) is 16.3. The minimum atomic E-state index is -5.19. The highest BCUT2D eigenvalue weighted by molar-refractivity contribution is 7.73. The van der Waals surface area contributed by atoms with E-state index in [-0.39, 0.29) is 18.6 Å². The summed E-state index contributed by atoms with van der Waals surface area (Å²) in [6.07, 6.45) is 2.48. The molecule has 2 atom stereocenters. The molecule has 0 aromatic heterocycles. The minimum Gasteiger partial charge on any atom is -0.465 e. The Morgan fingerprint density at radius 1 is 1.11 bits per heavy atom. The molecule has 0 spiro atoms. The van der Waals surface area contributed by atoms with Crippen molar-refractivity contribution in [3.8, 4) is 0 Å². The molecule has 4 rings (SSSR count). The number of rotatable bonds is 9. The summed E-state index contributed by atoms with van der Waals surface area (Å²) in [4.78, 5) is 12.7. The van der Waals surface area contributed by atoms with E-state index in [0.717, 1.165) is 19.3 Å². The summed E-state index contributed by atoms with van der Waals surface area (Å²) < 4.78 is 89.8. The van der Waals surface area contributed by atoms with Crippen LogP contribution in [0.15, 0.2) is 0 Å². The third-order valence-corrected chi connectivity index (χ3v) is 7.03. The van der Waals surface area contributed by atoms with Crippen molar-refractivity contribution >= 4 is 16.7 Å². The van der Waals surface area contributed by atoms with Gasteiger partial charge in [-0.3, -0.25) is 4.79 Å². The molecule has 4 aliphatic rings. The Balaban J connectivity index is 1.64. The van der Waals surface area contributed by atoms with Crippen LogP contribution in [-0.4, -0.2) is 51.7 Å². The topological polar surface area (TPSA) is 78.9 Å². The summed E-state index contributed by atoms with van der Waals surface area (Å²) in [5.41, 5.74) is -1.39. The minimum absolute atomic E-state index is 0.0826. The van der Waals surface area contributed by atoms with Crippen LogP contribution in [0.4, 0.5) is 17.6 Å². The molecule has 0 N–H and O–H groups in total. The fourth-order valence-electron chi connectivity index (χ4n) is 5.48. The Labute approximate surface area is 161 Å². The molecule has 28 heavy (non-hydrogen) atoms. The van der Waals surface area contributed by atoms with Crippen molar-refractivity contribution in [2.24, 2.45) is 17.3 Å². The number of alkyl halides is 4. The number of thiol groups is 1. The number of esters is 1. The van der Waals surface area contributed by atoms with Crippen LogP contribution in [0.3, 0.4) is 0 Å². The summed E-state index contributed by atoms with van der Waals surface area (Å²) in [6, 6.07) is 0. The van der Waals surface area contributed by atoms with Gasteiger partial charge in [0.25, 0.3) is 0 Å². The fourth-order valence-corrected chi connectivity index (χ4v) is 5.86. The van der Waals surface area contributed by atoms with Crippen LogP contribution in [0.2, 0.25) is 0 Å². The molecule has 0 heterocycles. The van der Waals surface area contributed by atoms with Gasteiger partial charge in [-0.05, 0) is 50.4 Å². The number of carbonyl (C=O) groups excluding carboxylic acids is 1. The molecular formula is C17H24F4O6S. The lowest BCUT2D eigenvalue weighted by atomic mass is 9.48. The van der Waals surface area contributed by atoms with Gasteiger partial charge >= 0.3 is 17.1 Å². The quantitative estimate of drug-likeness (QED) is 0.261. The van der Waals surface area contributed by atoms with E-state index in [0.29, 0.717) is 19.3 Å². The molecule has 0 saturated heterocycles. The van der Waals surface area contributed by atoms with Crippen LogP contribution in [-0.2, 0) is 29.7 Å². The molecule has 0 aromatic carbocycles. The average Bonchev–Trinajstić information content (AvgIpc) is 2.58. The number of hydrogen-bond acceptors (Lipinski definition) is 6. The Morgan fingerprint density at radius 3 is 2.25 bits per heavy atom. The molecule has 4 saturated carbocycles. The van der Waals surface area contributed by atoms with Gasteiger partial charge in [-0.1, -0.05) is 0 Å². The van der Waals surface area contributed by atoms with Gasteiger partial charge in [0.1, 0.15) is 6.79 Å². The molecule has 0 amide bonds. The number of methoxy groups -OCH3 is 1. The second-order valence-corrected chi connectivity index (χ2v) is 9.44. The monoisotopic (exact) mass is 432 g/mol. The number of ether oxygens (including phenoxy) is 3. The lowest BCUT2D eigenvalue weighted by Gasteiger charge is -2.60. The van der Waals surface area contributed by atoms with E-state index in [2.05, 4.69) is 0 Å². The van der Waals surface area contributed by atoms with Gasteiger partial charge in [-0.25, -0.2) is 8.42 Å². The summed E-state index contributed by atoms with van der Waals surface area (Å²) in [5, 5.41) is -5.19. The third kappa shape index (κ3) is 3.77. The first-order valence-electron chi connectivity index (χ1n) is 9.16. The van der Waals surface area contributed by atoms with Gasteiger partial charge in [0.05, 0.1) is 24.0 Å². The van der Waals surface area contributed by atoms with E-state index in [1.807, 2.05) is 0 Å². The van der Waals surface area contributed by atoms with Crippen LogP contribution < -0.4 is 0 Å². The Kier molecular flexibility index (Phi) is 5.74. The molecule has 4 aliphatic carbocycles. The number of carbonyl (C=O) groups is 1. The van der Waals surface area contributed by atoms with E-state index in [4.69, 9.17) is 14.2 Å². The van der Waals surface area contributed by atoms with E-state index >= 15 is 0 Å². The van der Waals surface area contributed by atoms with Crippen molar-refractivity contribution in [2.75, 3.05) is 20.5 Å². The predicted molar refractivity (Wildman–Crippen MR) is 88.6 cm³/mol. The largest absolute Gasteiger partial charge is 0.465 e. The summed E-state index contributed by atoms with van der Waals surface area (Å²) in [7, 11) is -3.15. The molecule has 11 heteroatoms. The fraction of sp³-hybridized carbons (Fsp3) is 0.941. The van der Waals surface area contributed by atoms with Crippen molar-refractivity contribution in [3.63, 3.8) is 0 Å². The Bertz CT molecular complexity index is 673. The maximum absolute atomic E-state index is 13.5. The zero-order chi connectivity index (χ0) is 20.8. The van der Waals surface area contributed by atoms with Gasteiger partial charge in [-0.15, -0.1) is 0 Å². The molecule has 0 aliphatic heterocycles. The van der Waals surface area contributed by atoms with Crippen LogP contribution in [0, 0.1) is 17.3 Å². The molecule has 6 nitrogen and oxygen atoms in total. The Hall–Kier alpha value is -0.940. The average molecular weight is 432 g/mol. The second kappa shape index (κ2) is 7.39. The second-order valence-electron chi connectivity index (χ2n) is 8.36. The highest BCUT2D eigenvalue weighted by Crippen LogP contribution is 2.63. The van der Waals surface area contributed by atoms with Gasteiger partial charge in [-0.2, -0.15) is 17.6 Å². The van der Waals surface area contributed by atoms with E-state index in [9.17, 15) is 30.8 Å². The Morgan fingerprint density at radius 2 is 1.71 bits per heavy atom. The van der Waals surface area contributed by atoms with E-state index in [1.165, 1.54) is 7.11 Å². The zero-order valence-electron chi connectivity index (χ0n) is 15.4. The van der Waals surface area contributed by atoms with Crippen LogP contribution in [0.25, 0.3) is 0 Å². The lowest BCUT2D eigenvalue weighted by Crippen LogP contribution is -2.59.